The Morgan fingerprint density at radius 2 is 1.88 bits per heavy atom. The Hall–Kier alpha value is -1.98. The number of carbonyl (C=O) groups excluding carboxylic acids is 2. The topological polar surface area (TPSA) is 65.5 Å². The van der Waals surface area contributed by atoms with Crippen LogP contribution in [0.1, 0.15) is 18.4 Å². The van der Waals surface area contributed by atoms with E-state index in [2.05, 4.69) is 4.98 Å². The monoisotopic (exact) mass is 231 g/mol. The van der Waals surface area contributed by atoms with Gasteiger partial charge < -0.3 is 9.31 Å². The lowest BCUT2D eigenvalue weighted by Gasteiger charge is -2.23. The molecule has 6 heteroatoms. The summed E-state index contributed by atoms with van der Waals surface area (Å²) in [6.45, 7) is -0.195. The van der Waals surface area contributed by atoms with E-state index in [4.69, 9.17) is 9.31 Å². The summed E-state index contributed by atoms with van der Waals surface area (Å²) in [5, 5.41) is 0. The third-order valence-corrected chi connectivity index (χ3v) is 3.20. The van der Waals surface area contributed by atoms with Crippen LogP contribution in [0.5, 0.6) is 0 Å². The van der Waals surface area contributed by atoms with Crippen LogP contribution >= 0.6 is 0 Å². The SMILES string of the molecule is Cc1ccc([B-]23OC(=O)C[C+]2CC(=O)O3)nc1. The molecule has 0 saturated carbocycles. The first-order valence-electron chi connectivity index (χ1n) is 5.46. The van der Waals surface area contributed by atoms with E-state index in [0.717, 1.165) is 5.56 Å². The van der Waals surface area contributed by atoms with Crippen molar-refractivity contribution in [3.05, 3.63) is 29.7 Å². The van der Waals surface area contributed by atoms with E-state index in [9.17, 15) is 9.59 Å². The number of rotatable bonds is 1. The molecule has 0 atom stereocenters. The lowest BCUT2D eigenvalue weighted by molar-refractivity contribution is -0.138. The minimum atomic E-state index is -2.11. The second-order valence-corrected chi connectivity index (χ2v) is 4.46. The summed E-state index contributed by atoms with van der Waals surface area (Å²) < 4.78 is 10.5. The van der Waals surface area contributed by atoms with Crippen molar-refractivity contribution in [1.82, 2.24) is 4.98 Å². The van der Waals surface area contributed by atoms with E-state index in [1.165, 1.54) is 0 Å². The van der Waals surface area contributed by atoms with Crippen LogP contribution in [-0.2, 0) is 18.9 Å². The molecule has 0 aliphatic carbocycles. The molecule has 86 valence electrons. The number of fused-ring (bicyclic) bond motifs is 1. The van der Waals surface area contributed by atoms with Crippen LogP contribution in [0, 0.1) is 12.7 Å². The maximum atomic E-state index is 11.4. The fraction of sp³-hybridized carbons (Fsp3) is 0.273. The van der Waals surface area contributed by atoms with E-state index in [1.807, 2.05) is 13.0 Å². The van der Waals surface area contributed by atoms with Gasteiger partial charge in [0.2, 0.25) is 0 Å². The molecule has 1 aromatic heterocycles. The van der Waals surface area contributed by atoms with Gasteiger partial charge in [-0.15, -0.1) is 0 Å². The molecule has 0 N–H and O–H groups in total. The number of hydrogen-bond donors (Lipinski definition) is 0. The van der Waals surface area contributed by atoms with Gasteiger partial charge in [-0.25, -0.2) is 0 Å². The molecule has 2 aliphatic heterocycles. The minimum Gasteiger partial charge on any atom is -0.609 e. The van der Waals surface area contributed by atoms with E-state index >= 15 is 0 Å². The molecule has 2 saturated heterocycles. The normalized spacial score (nSPS) is 21.1. The smallest absolute Gasteiger partial charge is 0.606 e. The molecule has 1 aromatic rings. The molecular weight excluding hydrogens is 221 g/mol. The fourth-order valence-corrected chi connectivity index (χ4v) is 2.38. The Labute approximate surface area is 98.1 Å². The molecule has 2 aliphatic rings. The molecule has 0 aromatic carbocycles. The van der Waals surface area contributed by atoms with Crippen molar-refractivity contribution in [2.45, 2.75) is 19.8 Å². The largest absolute Gasteiger partial charge is 0.609 e. The summed E-state index contributed by atoms with van der Waals surface area (Å²) in [4.78, 5) is 26.9. The van der Waals surface area contributed by atoms with Gasteiger partial charge in [0, 0.05) is 17.6 Å². The van der Waals surface area contributed by atoms with Gasteiger partial charge >= 0.3 is 18.5 Å². The number of nitrogens with zero attached hydrogens (tertiary/aromatic N) is 1. The maximum absolute atomic E-state index is 11.4. The molecule has 0 unspecified atom stereocenters. The second-order valence-electron chi connectivity index (χ2n) is 4.46. The van der Waals surface area contributed by atoms with Crippen LogP contribution in [0.3, 0.4) is 0 Å². The van der Waals surface area contributed by atoms with Crippen LogP contribution in [0.15, 0.2) is 18.3 Å². The lowest BCUT2D eigenvalue weighted by Crippen LogP contribution is -2.53. The Morgan fingerprint density at radius 3 is 2.41 bits per heavy atom. The van der Waals surface area contributed by atoms with Crippen molar-refractivity contribution in [2.24, 2.45) is 0 Å². The molecule has 0 spiro atoms. The summed E-state index contributed by atoms with van der Waals surface area (Å²) in [6.07, 6.45) is 1.98. The highest BCUT2D eigenvalue weighted by atomic mass is 16.7. The molecular formula is C11H10BNO4. The van der Waals surface area contributed by atoms with Crippen molar-refractivity contribution < 1.29 is 18.9 Å². The highest BCUT2D eigenvalue weighted by Crippen LogP contribution is 2.39. The van der Waals surface area contributed by atoms with Gasteiger partial charge in [0.05, 0.1) is 0 Å². The number of aryl methyl sites for hydroxylation is 1. The van der Waals surface area contributed by atoms with Crippen molar-refractivity contribution in [3.8, 4) is 0 Å². The van der Waals surface area contributed by atoms with Crippen molar-refractivity contribution in [3.63, 3.8) is 0 Å². The van der Waals surface area contributed by atoms with Gasteiger partial charge in [-0.3, -0.25) is 14.6 Å². The minimum absolute atomic E-state index is 0.154. The van der Waals surface area contributed by atoms with Crippen molar-refractivity contribution >= 4 is 24.1 Å². The summed E-state index contributed by atoms with van der Waals surface area (Å²) in [5.41, 5.74) is 1.51. The van der Waals surface area contributed by atoms with Crippen LogP contribution in [0.25, 0.3) is 0 Å². The molecule has 3 heterocycles. The lowest BCUT2D eigenvalue weighted by atomic mass is 9.46. The molecule has 3 rings (SSSR count). The van der Waals surface area contributed by atoms with E-state index in [1.54, 1.807) is 12.3 Å². The van der Waals surface area contributed by atoms with Gasteiger partial charge in [-0.2, -0.15) is 0 Å². The summed E-state index contributed by atoms with van der Waals surface area (Å²) in [7, 11) is 0. The van der Waals surface area contributed by atoms with Gasteiger partial charge in [-0.05, 0) is 12.5 Å². The quantitative estimate of drug-likeness (QED) is 0.504. The van der Waals surface area contributed by atoms with E-state index < -0.39 is 6.55 Å². The van der Waals surface area contributed by atoms with E-state index in [-0.39, 0.29) is 24.8 Å². The summed E-state index contributed by atoms with van der Waals surface area (Å²) in [6, 6.07) is 3.60. The third-order valence-electron chi connectivity index (χ3n) is 3.20. The maximum Gasteiger partial charge on any atom is 0.606 e. The van der Waals surface area contributed by atoms with Gasteiger partial charge in [0.15, 0.2) is 0 Å². The highest BCUT2D eigenvalue weighted by molar-refractivity contribution is 6.90. The third kappa shape index (κ3) is 1.40. The predicted molar refractivity (Wildman–Crippen MR) is 59.0 cm³/mol. The first-order chi connectivity index (χ1) is 8.10. The second kappa shape index (κ2) is 3.26. The molecule has 5 nitrogen and oxygen atoms in total. The number of carbonyl (C=O) groups is 2. The van der Waals surface area contributed by atoms with Crippen LogP contribution < -0.4 is 5.59 Å². The zero-order chi connectivity index (χ0) is 12.0. The Balaban J connectivity index is 2.06. The molecule has 2 fully saturated rings. The standard InChI is InChI=1S/C11H10BNO4/c1-7-2-3-9(13-6-7)12-8(4-10(14)16-12)5-11(15)17-12/h2-3,6H,4-5H2,1H3. The van der Waals surface area contributed by atoms with Gasteiger partial charge in [0.25, 0.3) is 0 Å². The first-order valence-corrected chi connectivity index (χ1v) is 5.46. The average Bonchev–Trinajstić information content (AvgIpc) is 2.70. The Kier molecular flexibility index (Phi) is 1.95. The van der Waals surface area contributed by atoms with E-state index in [0.29, 0.717) is 11.4 Å². The predicted octanol–water partition coefficient (Wildman–Crippen LogP) is 0.0467. The van der Waals surface area contributed by atoms with Crippen LogP contribution in [0.4, 0.5) is 0 Å². The van der Waals surface area contributed by atoms with Crippen molar-refractivity contribution in [2.75, 3.05) is 0 Å². The Bertz CT molecular complexity index is 479. The van der Waals surface area contributed by atoms with Gasteiger partial charge in [-0.1, -0.05) is 12.1 Å². The zero-order valence-corrected chi connectivity index (χ0v) is 9.30. The first kappa shape index (κ1) is 10.2. The number of aromatic nitrogens is 1. The molecule has 0 radical (unpaired) electrons. The highest BCUT2D eigenvalue weighted by Gasteiger charge is 2.66. The average molecular weight is 231 g/mol. The van der Waals surface area contributed by atoms with Crippen LogP contribution in [-0.4, -0.2) is 23.5 Å². The molecule has 0 bridgehead atoms. The molecule has 17 heavy (non-hydrogen) atoms. The summed E-state index contributed by atoms with van der Waals surface area (Å²) in [5.74, 6) is 0.00102. The fourth-order valence-electron chi connectivity index (χ4n) is 2.38. The van der Waals surface area contributed by atoms with Crippen LogP contribution in [0.2, 0.25) is 0 Å². The van der Waals surface area contributed by atoms with Gasteiger partial charge in [0.1, 0.15) is 12.8 Å². The number of pyridine rings is 1. The molecule has 0 amide bonds. The Morgan fingerprint density at radius 1 is 1.24 bits per heavy atom. The summed E-state index contributed by atoms with van der Waals surface area (Å²) >= 11 is 0. The van der Waals surface area contributed by atoms with Crippen molar-refractivity contribution in [1.29, 1.82) is 0 Å². The zero-order valence-electron chi connectivity index (χ0n) is 9.30. The number of hydrogen-bond acceptors (Lipinski definition) is 5.